The van der Waals surface area contributed by atoms with Gasteiger partial charge in [0.2, 0.25) is 0 Å². The predicted molar refractivity (Wildman–Crippen MR) is 61.9 cm³/mol. The summed E-state index contributed by atoms with van der Waals surface area (Å²) in [4.78, 5) is 6.80. The molecular weight excluding hydrogens is 231 g/mol. The molecule has 1 aromatic carbocycles. The third kappa shape index (κ3) is 2.45. The van der Waals surface area contributed by atoms with Crippen molar-refractivity contribution in [1.29, 1.82) is 0 Å². The van der Waals surface area contributed by atoms with Crippen molar-refractivity contribution in [3.63, 3.8) is 0 Å². The molecule has 1 aliphatic rings. The molecular formula is C11H14ClFN2O. The van der Waals surface area contributed by atoms with Crippen LogP contribution >= 0.6 is 11.6 Å². The van der Waals surface area contributed by atoms with Crippen LogP contribution in [-0.4, -0.2) is 19.7 Å². The minimum atomic E-state index is -0.383. The average Bonchev–Trinajstić information content (AvgIpc) is 2.71. The van der Waals surface area contributed by atoms with Gasteiger partial charge in [0.15, 0.2) is 0 Å². The molecule has 1 fully saturated rings. The molecule has 0 saturated carbocycles. The second-order valence-corrected chi connectivity index (χ2v) is 4.44. The number of halogens is 2. The van der Waals surface area contributed by atoms with E-state index in [4.69, 9.17) is 17.5 Å². The van der Waals surface area contributed by atoms with E-state index >= 15 is 0 Å². The molecule has 1 aliphatic heterocycles. The number of rotatable bonds is 3. The Kier molecular flexibility index (Phi) is 3.63. The van der Waals surface area contributed by atoms with E-state index in [9.17, 15) is 4.39 Å². The second kappa shape index (κ2) is 4.99. The second-order valence-electron chi connectivity index (χ2n) is 4.03. The van der Waals surface area contributed by atoms with E-state index < -0.39 is 0 Å². The first-order valence-corrected chi connectivity index (χ1v) is 5.60. The maximum atomic E-state index is 13.0. The molecule has 0 amide bonds. The summed E-state index contributed by atoms with van der Waals surface area (Å²) < 4.78 is 13.0. The molecule has 0 spiro atoms. The van der Waals surface area contributed by atoms with E-state index in [2.05, 4.69) is 9.74 Å². The molecule has 0 radical (unpaired) electrons. The van der Waals surface area contributed by atoms with Crippen LogP contribution in [0.15, 0.2) is 18.2 Å². The summed E-state index contributed by atoms with van der Waals surface area (Å²) in [5.41, 5.74) is 0.950. The van der Waals surface area contributed by atoms with E-state index in [1.54, 1.807) is 12.1 Å². The van der Waals surface area contributed by atoms with Crippen LogP contribution in [0.4, 0.5) is 10.1 Å². The summed E-state index contributed by atoms with van der Waals surface area (Å²) in [6, 6.07) is 4.79. The van der Waals surface area contributed by atoms with E-state index in [-0.39, 0.29) is 10.8 Å². The van der Waals surface area contributed by atoms with Gasteiger partial charge >= 0.3 is 0 Å². The van der Waals surface area contributed by atoms with Crippen molar-refractivity contribution < 1.29 is 9.23 Å². The Balaban J connectivity index is 2.05. The van der Waals surface area contributed by atoms with Crippen molar-refractivity contribution in [3.05, 3.63) is 29.0 Å². The van der Waals surface area contributed by atoms with Gasteiger partial charge in [-0.15, -0.1) is 0 Å². The fourth-order valence-electron chi connectivity index (χ4n) is 2.02. The molecule has 1 saturated heterocycles. The van der Waals surface area contributed by atoms with Gasteiger partial charge in [-0.2, -0.15) is 0 Å². The van der Waals surface area contributed by atoms with Crippen molar-refractivity contribution >= 4 is 17.3 Å². The Labute approximate surface area is 98.9 Å². The van der Waals surface area contributed by atoms with Crippen LogP contribution in [-0.2, 0) is 4.84 Å². The average molecular weight is 245 g/mol. The van der Waals surface area contributed by atoms with Crippen LogP contribution in [0.2, 0.25) is 5.02 Å². The minimum Gasteiger partial charge on any atom is -0.371 e. The van der Waals surface area contributed by atoms with Crippen LogP contribution in [0.5, 0.6) is 0 Å². The Morgan fingerprint density at radius 2 is 2.38 bits per heavy atom. The molecule has 1 heterocycles. The molecule has 0 aromatic heterocycles. The highest BCUT2D eigenvalue weighted by Gasteiger charge is 2.23. The minimum absolute atomic E-state index is 0.163. The third-order valence-corrected chi connectivity index (χ3v) is 3.18. The summed E-state index contributed by atoms with van der Waals surface area (Å²) in [5.74, 6) is 5.10. The van der Waals surface area contributed by atoms with E-state index in [0.29, 0.717) is 12.5 Å². The molecule has 1 aromatic rings. The zero-order chi connectivity index (χ0) is 11.5. The number of nitrogens with two attached hydrogens (primary N) is 1. The molecule has 88 valence electrons. The highest BCUT2D eigenvalue weighted by atomic mass is 35.5. The highest BCUT2D eigenvalue weighted by Crippen LogP contribution is 2.27. The molecule has 2 rings (SSSR count). The van der Waals surface area contributed by atoms with Crippen molar-refractivity contribution in [1.82, 2.24) is 0 Å². The maximum Gasteiger partial charge on any atom is 0.141 e. The molecule has 1 atom stereocenters. The monoisotopic (exact) mass is 244 g/mol. The summed E-state index contributed by atoms with van der Waals surface area (Å²) in [5, 5.41) is 0.163. The van der Waals surface area contributed by atoms with Crippen molar-refractivity contribution in [3.8, 4) is 0 Å². The Bertz CT molecular complexity index is 375. The summed E-state index contributed by atoms with van der Waals surface area (Å²) >= 11 is 5.74. The predicted octanol–water partition coefficient (Wildman–Crippen LogP) is 2.20. The van der Waals surface area contributed by atoms with Crippen LogP contribution in [0.25, 0.3) is 0 Å². The smallest absolute Gasteiger partial charge is 0.141 e. The van der Waals surface area contributed by atoms with Crippen molar-refractivity contribution in [2.45, 2.75) is 6.42 Å². The lowest BCUT2D eigenvalue weighted by Gasteiger charge is -2.18. The molecule has 16 heavy (non-hydrogen) atoms. The number of anilines is 1. The van der Waals surface area contributed by atoms with Gasteiger partial charge in [0.25, 0.3) is 0 Å². The van der Waals surface area contributed by atoms with Gasteiger partial charge in [-0.25, -0.2) is 10.3 Å². The Hall–Kier alpha value is -0.840. The first-order valence-electron chi connectivity index (χ1n) is 5.22. The molecule has 5 heteroatoms. The number of nitrogens with zero attached hydrogens (tertiary/aromatic N) is 1. The van der Waals surface area contributed by atoms with Crippen molar-refractivity contribution in [2.24, 2.45) is 11.8 Å². The zero-order valence-corrected chi connectivity index (χ0v) is 9.58. The van der Waals surface area contributed by atoms with Gasteiger partial charge in [0.1, 0.15) is 5.82 Å². The zero-order valence-electron chi connectivity index (χ0n) is 8.83. The fourth-order valence-corrected chi connectivity index (χ4v) is 2.20. The molecule has 3 nitrogen and oxygen atoms in total. The third-order valence-electron chi connectivity index (χ3n) is 2.89. The van der Waals surface area contributed by atoms with Crippen LogP contribution in [0.3, 0.4) is 0 Å². The summed E-state index contributed by atoms with van der Waals surface area (Å²) in [7, 11) is 0. The molecule has 0 bridgehead atoms. The van der Waals surface area contributed by atoms with E-state index in [0.717, 1.165) is 25.2 Å². The Morgan fingerprint density at radius 1 is 1.56 bits per heavy atom. The fraction of sp³-hybridized carbons (Fsp3) is 0.455. The first kappa shape index (κ1) is 11.6. The topological polar surface area (TPSA) is 38.5 Å². The van der Waals surface area contributed by atoms with E-state index in [1.165, 1.54) is 6.07 Å². The standard InChI is InChI=1S/C11H14ClFN2O/c12-10-5-9(1-2-11(10)13)15-4-3-8(6-15)7-16-14/h1-2,5,8H,3-4,6-7,14H2. The number of benzene rings is 1. The van der Waals surface area contributed by atoms with E-state index in [1.807, 2.05) is 0 Å². The van der Waals surface area contributed by atoms with Gasteiger partial charge < -0.3 is 9.74 Å². The Morgan fingerprint density at radius 3 is 3.06 bits per heavy atom. The lowest BCUT2D eigenvalue weighted by atomic mass is 10.1. The van der Waals surface area contributed by atoms with Crippen LogP contribution in [0.1, 0.15) is 6.42 Å². The molecule has 0 aliphatic carbocycles. The molecule has 1 unspecified atom stereocenters. The van der Waals surface area contributed by atoms with Crippen LogP contribution in [0, 0.1) is 11.7 Å². The lowest BCUT2D eigenvalue weighted by molar-refractivity contribution is 0.108. The first-order chi connectivity index (χ1) is 7.70. The lowest BCUT2D eigenvalue weighted by Crippen LogP contribution is -2.21. The highest BCUT2D eigenvalue weighted by molar-refractivity contribution is 6.31. The van der Waals surface area contributed by atoms with Gasteiger partial charge in [-0.3, -0.25) is 0 Å². The maximum absolute atomic E-state index is 13.0. The summed E-state index contributed by atoms with van der Waals surface area (Å²) in [6.07, 6.45) is 1.03. The summed E-state index contributed by atoms with van der Waals surface area (Å²) in [6.45, 7) is 2.36. The number of hydrogen-bond acceptors (Lipinski definition) is 3. The van der Waals surface area contributed by atoms with Crippen LogP contribution < -0.4 is 10.8 Å². The largest absolute Gasteiger partial charge is 0.371 e. The van der Waals surface area contributed by atoms with Gasteiger partial charge in [-0.05, 0) is 24.6 Å². The van der Waals surface area contributed by atoms with Gasteiger partial charge in [-0.1, -0.05) is 11.6 Å². The number of hydrogen-bond donors (Lipinski definition) is 1. The molecule has 2 N–H and O–H groups in total. The van der Waals surface area contributed by atoms with Gasteiger partial charge in [0.05, 0.1) is 11.6 Å². The van der Waals surface area contributed by atoms with Crippen molar-refractivity contribution in [2.75, 3.05) is 24.6 Å². The quantitative estimate of drug-likeness (QED) is 0.829. The van der Waals surface area contributed by atoms with Gasteiger partial charge in [0, 0.05) is 24.7 Å². The normalized spacial score (nSPS) is 20.4. The SMILES string of the molecule is NOCC1CCN(c2ccc(F)c(Cl)c2)C1.